The van der Waals surface area contributed by atoms with Crippen molar-refractivity contribution in [2.45, 2.75) is 19.8 Å². The Balaban J connectivity index is 1.55. The van der Waals surface area contributed by atoms with Crippen molar-refractivity contribution in [1.82, 2.24) is 4.90 Å². The second kappa shape index (κ2) is 9.38. The monoisotopic (exact) mass is 528 g/mol. The van der Waals surface area contributed by atoms with E-state index in [1.165, 1.54) is 7.11 Å². The number of fused-ring (bicyclic) bond motifs is 1. The first-order chi connectivity index (χ1) is 16.2. The highest BCUT2D eigenvalue weighted by molar-refractivity contribution is 9.10. The van der Waals surface area contributed by atoms with Crippen LogP contribution in [0.15, 0.2) is 61.7 Å². The molecule has 0 N–H and O–H groups in total. The number of carbonyl (C=O) groups is 4. The molecular formula is C24H21BrN2O7. The minimum Gasteiger partial charge on any atom is -0.468 e. The zero-order chi connectivity index (χ0) is 24.6. The van der Waals surface area contributed by atoms with Crippen LogP contribution in [0.25, 0.3) is 0 Å². The molecule has 2 aliphatic heterocycles. The van der Waals surface area contributed by atoms with E-state index >= 15 is 0 Å². The second-order valence-electron chi connectivity index (χ2n) is 7.82. The Hall–Kier alpha value is -3.53. The Morgan fingerprint density at radius 3 is 2.29 bits per heavy atom. The number of carbonyl (C=O) groups excluding carboxylic acids is 4. The molecule has 0 spiro atoms. The molecule has 0 saturated carbocycles. The van der Waals surface area contributed by atoms with Gasteiger partial charge in [-0.1, -0.05) is 12.1 Å². The lowest BCUT2D eigenvalue weighted by Gasteiger charge is -2.29. The van der Waals surface area contributed by atoms with E-state index in [-0.39, 0.29) is 18.7 Å². The number of amides is 2. The maximum absolute atomic E-state index is 13.2. The Morgan fingerprint density at radius 1 is 1.09 bits per heavy atom. The van der Waals surface area contributed by atoms with E-state index < -0.39 is 35.6 Å². The number of imide groups is 1. The molecule has 1 aromatic carbocycles. The van der Waals surface area contributed by atoms with Crippen molar-refractivity contribution in [3.63, 3.8) is 0 Å². The first kappa shape index (κ1) is 23.6. The number of nitrogens with zero attached hydrogens (tertiary/aromatic N) is 2. The van der Waals surface area contributed by atoms with Crippen molar-refractivity contribution in [3.05, 3.63) is 69.2 Å². The lowest BCUT2D eigenvalue weighted by Crippen LogP contribution is -2.37. The number of hydrogen-bond donors (Lipinski definition) is 0. The molecule has 9 nitrogen and oxygen atoms in total. The highest BCUT2D eigenvalue weighted by Crippen LogP contribution is 2.41. The number of halogens is 1. The highest BCUT2D eigenvalue weighted by Gasteiger charge is 2.44. The molecule has 176 valence electrons. The third-order valence-electron chi connectivity index (χ3n) is 5.83. The van der Waals surface area contributed by atoms with Crippen molar-refractivity contribution in [3.8, 4) is 0 Å². The molecule has 2 amide bonds. The van der Waals surface area contributed by atoms with Crippen molar-refractivity contribution in [2.24, 2.45) is 10.9 Å². The van der Waals surface area contributed by atoms with Crippen LogP contribution in [0.5, 0.6) is 0 Å². The van der Waals surface area contributed by atoms with Gasteiger partial charge in [-0.05, 0) is 54.0 Å². The highest BCUT2D eigenvalue weighted by atomic mass is 79.9. The lowest BCUT2D eigenvalue weighted by molar-refractivity contribution is -0.144. The molecule has 10 heteroatoms. The summed E-state index contributed by atoms with van der Waals surface area (Å²) in [6.07, 6.45) is 0. The van der Waals surface area contributed by atoms with Crippen LogP contribution in [0.4, 0.5) is 0 Å². The van der Waals surface area contributed by atoms with Crippen LogP contribution in [0, 0.1) is 5.92 Å². The Bertz CT molecular complexity index is 1220. The molecule has 3 heterocycles. The molecule has 4 rings (SSSR count). The van der Waals surface area contributed by atoms with Gasteiger partial charge in [-0.15, -0.1) is 0 Å². The first-order valence-corrected chi connectivity index (χ1v) is 11.2. The average Bonchev–Trinajstić information content (AvgIpc) is 3.35. The average molecular weight is 529 g/mol. The maximum atomic E-state index is 13.2. The molecule has 1 aromatic heterocycles. The SMILES string of the molecule is COC(=O)C1C(C)=NC(C)=C(C(=O)OCCN2C(=O)c3ccccc3C2=O)C1c1ccc(Br)o1. The van der Waals surface area contributed by atoms with Gasteiger partial charge in [0.05, 0.1) is 36.3 Å². The number of furan rings is 1. The Labute approximate surface area is 203 Å². The summed E-state index contributed by atoms with van der Waals surface area (Å²) in [7, 11) is 1.26. The van der Waals surface area contributed by atoms with Crippen LogP contribution in [0.3, 0.4) is 0 Å². The van der Waals surface area contributed by atoms with Gasteiger partial charge in [0, 0.05) is 11.4 Å². The molecule has 2 aromatic rings. The van der Waals surface area contributed by atoms with E-state index in [2.05, 4.69) is 20.9 Å². The molecule has 0 saturated heterocycles. The van der Waals surface area contributed by atoms with Crippen LogP contribution >= 0.6 is 15.9 Å². The largest absolute Gasteiger partial charge is 0.468 e. The smallest absolute Gasteiger partial charge is 0.336 e. The van der Waals surface area contributed by atoms with Gasteiger partial charge in [-0.3, -0.25) is 24.3 Å². The van der Waals surface area contributed by atoms with Gasteiger partial charge in [0.25, 0.3) is 11.8 Å². The predicted octanol–water partition coefficient (Wildman–Crippen LogP) is 3.50. The zero-order valence-corrected chi connectivity index (χ0v) is 20.2. The molecule has 2 unspecified atom stereocenters. The van der Waals surface area contributed by atoms with Gasteiger partial charge in [0.1, 0.15) is 18.3 Å². The Kier molecular flexibility index (Phi) is 6.52. The van der Waals surface area contributed by atoms with Gasteiger partial charge in [-0.2, -0.15) is 0 Å². The second-order valence-corrected chi connectivity index (χ2v) is 8.60. The molecular weight excluding hydrogens is 508 g/mol. The van der Waals surface area contributed by atoms with Crippen LogP contribution in [-0.4, -0.2) is 54.6 Å². The molecule has 0 aliphatic carbocycles. The summed E-state index contributed by atoms with van der Waals surface area (Å²) >= 11 is 3.25. The van der Waals surface area contributed by atoms with Crippen molar-refractivity contribution in [1.29, 1.82) is 0 Å². The van der Waals surface area contributed by atoms with E-state index in [0.29, 0.717) is 33.0 Å². The molecule has 0 fully saturated rings. The third-order valence-corrected chi connectivity index (χ3v) is 6.26. The standard InChI is InChI=1S/C24H21BrN2O7/c1-12-18(23(30)32-3)20(16-8-9-17(25)34-16)19(13(2)26-12)24(31)33-11-10-27-21(28)14-6-4-5-7-15(14)22(27)29/h4-9,18,20H,10-11H2,1-3H3. The number of ether oxygens (including phenoxy) is 2. The van der Waals surface area contributed by atoms with Crippen LogP contribution < -0.4 is 0 Å². The minimum atomic E-state index is -0.884. The fraction of sp³-hybridized carbons (Fsp3) is 0.292. The zero-order valence-electron chi connectivity index (χ0n) is 18.7. The van der Waals surface area contributed by atoms with Gasteiger partial charge >= 0.3 is 11.9 Å². The number of benzene rings is 1. The number of hydrogen-bond acceptors (Lipinski definition) is 8. The van der Waals surface area contributed by atoms with Crippen LogP contribution in [0.1, 0.15) is 46.2 Å². The number of allylic oxidation sites excluding steroid dienone is 1. The van der Waals surface area contributed by atoms with Crippen molar-refractivity contribution < 1.29 is 33.1 Å². The van der Waals surface area contributed by atoms with E-state index in [1.54, 1.807) is 50.2 Å². The third kappa shape index (κ3) is 4.09. The van der Waals surface area contributed by atoms with Crippen molar-refractivity contribution >= 4 is 45.4 Å². The quantitative estimate of drug-likeness (QED) is 0.416. The van der Waals surface area contributed by atoms with Gasteiger partial charge in [0.2, 0.25) is 0 Å². The minimum absolute atomic E-state index is 0.107. The number of methoxy groups -OCH3 is 1. The van der Waals surface area contributed by atoms with Crippen molar-refractivity contribution in [2.75, 3.05) is 20.3 Å². The summed E-state index contributed by atoms with van der Waals surface area (Å²) in [4.78, 5) is 56.3. The van der Waals surface area contributed by atoms with Gasteiger partial charge in [-0.25, -0.2) is 4.79 Å². The summed E-state index contributed by atoms with van der Waals surface area (Å²) in [5.74, 6) is -3.50. The fourth-order valence-corrected chi connectivity index (χ4v) is 4.61. The van der Waals surface area contributed by atoms with E-state index in [1.807, 2.05) is 0 Å². The van der Waals surface area contributed by atoms with E-state index in [9.17, 15) is 19.2 Å². The Morgan fingerprint density at radius 2 is 1.74 bits per heavy atom. The molecule has 2 aliphatic rings. The fourth-order valence-electron chi connectivity index (χ4n) is 4.29. The normalized spacial score (nSPS) is 19.8. The topological polar surface area (TPSA) is 115 Å². The molecule has 34 heavy (non-hydrogen) atoms. The number of esters is 2. The van der Waals surface area contributed by atoms with E-state index in [0.717, 1.165) is 4.90 Å². The molecule has 2 atom stereocenters. The van der Waals surface area contributed by atoms with Crippen LogP contribution in [0.2, 0.25) is 0 Å². The molecule has 0 radical (unpaired) electrons. The van der Waals surface area contributed by atoms with Crippen LogP contribution in [-0.2, 0) is 19.1 Å². The number of aliphatic imine (C=N–C) groups is 1. The summed E-state index contributed by atoms with van der Waals surface area (Å²) in [5, 5.41) is 0. The molecule has 0 bridgehead atoms. The van der Waals surface area contributed by atoms with Gasteiger partial charge < -0.3 is 13.9 Å². The summed E-state index contributed by atoms with van der Waals surface area (Å²) in [6.45, 7) is 2.99. The first-order valence-electron chi connectivity index (χ1n) is 10.5. The summed E-state index contributed by atoms with van der Waals surface area (Å²) in [6, 6.07) is 9.83. The maximum Gasteiger partial charge on any atom is 0.336 e. The predicted molar refractivity (Wildman–Crippen MR) is 123 cm³/mol. The lowest BCUT2D eigenvalue weighted by atomic mass is 9.78. The number of rotatable bonds is 6. The summed E-state index contributed by atoms with van der Waals surface area (Å²) in [5.41, 5.74) is 1.63. The van der Waals surface area contributed by atoms with E-state index in [4.69, 9.17) is 13.9 Å². The van der Waals surface area contributed by atoms with Gasteiger partial charge in [0.15, 0.2) is 4.67 Å². The summed E-state index contributed by atoms with van der Waals surface area (Å²) < 4.78 is 16.5.